The van der Waals surface area contributed by atoms with Crippen LogP contribution in [-0.2, 0) is 19.6 Å². The monoisotopic (exact) mass is 421 g/mol. The van der Waals surface area contributed by atoms with Gasteiger partial charge in [0.15, 0.2) is 0 Å². The highest BCUT2D eigenvalue weighted by atomic mass is 32.2. The number of amidine groups is 1. The number of piperidine rings is 1. The fraction of sp³-hybridized carbons (Fsp3) is 0.500. The average molecular weight is 421 g/mol. The molecule has 1 amide bonds. The van der Waals surface area contributed by atoms with Crippen LogP contribution in [0.25, 0.3) is 4.91 Å². The predicted octanol–water partition coefficient (Wildman–Crippen LogP) is 1.92. The number of hydrogen-bond donors (Lipinski definition) is 1. The lowest BCUT2D eigenvalue weighted by atomic mass is 10.0. The zero-order valence-corrected chi connectivity index (χ0v) is 17.0. The second-order valence-electron chi connectivity index (χ2n) is 7.68. The van der Waals surface area contributed by atoms with Gasteiger partial charge in [-0.2, -0.15) is 8.42 Å². The molecule has 0 bridgehead atoms. The van der Waals surface area contributed by atoms with Gasteiger partial charge in [-0.3, -0.25) is 4.79 Å². The molecule has 1 N–H and O–H groups in total. The van der Waals surface area contributed by atoms with E-state index in [4.69, 9.17) is 4.74 Å². The van der Waals surface area contributed by atoms with Crippen molar-refractivity contribution < 1.29 is 22.3 Å². The highest BCUT2D eigenvalue weighted by molar-refractivity contribution is 8.00. The van der Waals surface area contributed by atoms with Crippen LogP contribution in [0.5, 0.6) is 0 Å². The van der Waals surface area contributed by atoms with E-state index in [0.717, 1.165) is 19.3 Å². The molecule has 1 atom stereocenters. The topological polar surface area (TPSA) is 88.1 Å². The van der Waals surface area contributed by atoms with Crippen molar-refractivity contribution >= 4 is 26.7 Å². The number of nitrogens with one attached hydrogen (secondary N) is 1. The molecule has 2 saturated heterocycles. The zero-order chi connectivity index (χ0) is 20.6. The largest absolute Gasteiger partial charge is 0.381 e. The number of nitrogens with zero attached hydrogens (tertiary/aromatic N) is 2. The van der Waals surface area contributed by atoms with Gasteiger partial charge in [-0.05, 0) is 43.9 Å². The van der Waals surface area contributed by atoms with Crippen molar-refractivity contribution in [3.05, 3.63) is 41.2 Å². The standard InChI is InChI=1S/C20H24FN3O4S/c1-13-18(14-2-4-16(21)5-3-14)29(26,27)23-19(13)24-9-6-17(7-10-24)22-20(25)15-8-11-28-12-15/h2-5,15,17H,6-12H2,1H3,(H,22,25). The van der Waals surface area contributed by atoms with E-state index >= 15 is 0 Å². The molecule has 9 heteroatoms. The summed E-state index contributed by atoms with van der Waals surface area (Å²) in [6.07, 6.45) is 2.20. The van der Waals surface area contributed by atoms with Crippen LogP contribution in [0.3, 0.4) is 0 Å². The fourth-order valence-electron chi connectivity index (χ4n) is 4.08. The van der Waals surface area contributed by atoms with Crippen LogP contribution in [0.4, 0.5) is 4.39 Å². The molecule has 1 unspecified atom stereocenters. The van der Waals surface area contributed by atoms with Crippen molar-refractivity contribution in [1.82, 2.24) is 10.2 Å². The molecule has 0 aromatic heterocycles. The normalized spacial score (nSPS) is 24.7. The van der Waals surface area contributed by atoms with E-state index in [2.05, 4.69) is 9.71 Å². The van der Waals surface area contributed by atoms with Crippen LogP contribution in [0, 0.1) is 11.7 Å². The Kier molecular flexibility index (Phi) is 5.44. The van der Waals surface area contributed by atoms with Gasteiger partial charge >= 0.3 is 0 Å². The van der Waals surface area contributed by atoms with E-state index in [-0.39, 0.29) is 22.8 Å². The number of halogens is 1. The summed E-state index contributed by atoms with van der Waals surface area (Å²) in [5.41, 5.74) is 1.01. The molecule has 29 heavy (non-hydrogen) atoms. The van der Waals surface area contributed by atoms with Gasteiger partial charge in [0.1, 0.15) is 16.6 Å². The van der Waals surface area contributed by atoms with Crippen molar-refractivity contribution in [2.45, 2.75) is 32.2 Å². The molecule has 0 spiro atoms. The van der Waals surface area contributed by atoms with Gasteiger partial charge < -0.3 is 15.0 Å². The molecule has 156 valence electrons. The summed E-state index contributed by atoms with van der Waals surface area (Å²) in [5.74, 6) is -0.00708. The molecule has 0 radical (unpaired) electrons. The molecule has 0 aliphatic carbocycles. The highest BCUT2D eigenvalue weighted by Crippen LogP contribution is 2.34. The molecular weight excluding hydrogens is 397 g/mol. The molecule has 4 rings (SSSR count). The van der Waals surface area contributed by atoms with Gasteiger partial charge in [0.05, 0.1) is 12.5 Å². The number of amides is 1. The van der Waals surface area contributed by atoms with Gasteiger partial charge in [0.2, 0.25) is 5.91 Å². The van der Waals surface area contributed by atoms with Crippen molar-refractivity contribution in [3.8, 4) is 0 Å². The molecule has 3 aliphatic heterocycles. The summed E-state index contributed by atoms with van der Waals surface area (Å²) in [6.45, 7) is 4.06. The van der Waals surface area contributed by atoms with Gasteiger partial charge in [-0.1, -0.05) is 12.1 Å². The SMILES string of the molecule is CC1=C(c2ccc(F)cc2)S(=O)(=O)N=C1N1CCC(NC(=O)C2CCOC2)CC1. The molecule has 1 aromatic rings. The number of hydrogen-bond acceptors (Lipinski definition) is 5. The minimum atomic E-state index is -3.82. The Balaban J connectivity index is 1.44. The zero-order valence-electron chi connectivity index (χ0n) is 16.2. The first-order chi connectivity index (χ1) is 13.8. The van der Waals surface area contributed by atoms with Crippen molar-refractivity contribution in [2.75, 3.05) is 26.3 Å². The minimum Gasteiger partial charge on any atom is -0.381 e. The Morgan fingerprint density at radius 3 is 2.52 bits per heavy atom. The maximum Gasteiger partial charge on any atom is 0.285 e. The lowest BCUT2D eigenvalue weighted by Gasteiger charge is -2.34. The number of likely N-dealkylation sites (tertiary alicyclic amines) is 1. The maximum absolute atomic E-state index is 13.2. The predicted molar refractivity (Wildman–Crippen MR) is 107 cm³/mol. The Hall–Kier alpha value is -2.26. The molecule has 0 saturated carbocycles. The number of benzene rings is 1. The molecular formula is C20H24FN3O4S. The van der Waals surface area contributed by atoms with E-state index in [1.807, 2.05) is 4.90 Å². The summed E-state index contributed by atoms with van der Waals surface area (Å²) in [7, 11) is -3.82. The van der Waals surface area contributed by atoms with Gasteiger partial charge in [-0.25, -0.2) is 4.39 Å². The summed E-state index contributed by atoms with van der Waals surface area (Å²) >= 11 is 0. The first kappa shape index (κ1) is 20.0. The number of sulfonamides is 1. The summed E-state index contributed by atoms with van der Waals surface area (Å²) in [6, 6.07) is 5.47. The van der Waals surface area contributed by atoms with Crippen molar-refractivity contribution in [2.24, 2.45) is 10.3 Å². The number of carbonyl (C=O) groups excluding carboxylic acids is 1. The Labute approximate surface area is 169 Å². The second-order valence-corrected chi connectivity index (χ2v) is 9.22. The molecule has 7 nitrogen and oxygen atoms in total. The third-order valence-electron chi connectivity index (χ3n) is 5.69. The quantitative estimate of drug-likeness (QED) is 0.806. The molecule has 2 fully saturated rings. The van der Waals surface area contributed by atoms with Crippen LogP contribution in [0.1, 0.15) is 31.7 Å². The molecule has 3 aliphatic rings. The summed E-state index contributed by atoms with van der Waals surface area (Å²) < 4.78 is 47.7. The maximum atomic E-state index is 13.2. The van der Waals surface area contributed by atoms with Crippen LogP contribution in [-0.4, -0.2) is 57.4 Å². The summed E-state index contributed by atoms with van der Waals surface area (Å²) in [4.78, 5) is 14.3. The number of rotatable bonds is 3. The molecule has 3 heterocycles. The van der Waals surface area contributed by atoms with Gasteiger partial charge in [-0.15, -0.1) is 4.40 Å². The Morgan fingerprint density at radius 1 is 1.21 bits per heavy atom. The van der Waals surface area contributed by atoms with E-state index in [1.165, 1.54) is 24.3 Å². The second kappa shape index (κ2) is 7.87. The van der Waals surface area contributed by atoms with E-state index in [1.54, 1.807) is 6.92 Å². The van der Waals surface area contributed by atoms with E-state index in [9.17, 15) is 17.6 Å². The highest BCUT2D eigenvalue weighted by Gasteiger charge is 2.35. The Bertz CT molecular complexity index is 958. The summed E-state index contributed by atoms with van der Waals surface area (Å²) in [5, 5.41) is 3.09. The van der Waals surface area contributed by atoms with Crippen LogP contribution >= 0.6 is 0 Å². The van der Waals surface area contributed by atoms with Crippen molar-refractivity contribution in [1.29, 1.82) is 0 Å². The lowest BCUT2D eigenvalue weighted by Crippen LogP contribution is -2.48. The lowest BCUT2D eigenvalue weighted by molar-refractivity contribution is -0.125. The smallest absolute Gasteiger partial charge is 0.285 e. The first-order valence-corrected chi connectivity index (χ1v) is 11.2. The number of carbonyl (C=O) groups is 1. The molecule has 1 aromatic carbocycles. The van der Waals surface area contributed by atoms with E-state index < -0.39 is 15.8 Å². The van der Waals surface area contributed by atoms with Crippen LogP contribution < -0.4 is 5.32 Å². The third-order valence-corrected chi connectivity index (χ3v) is 7.16. The van der Waals surface area contributed by atoms with Crippen LogP contribution in [0.15, 0.2) is 34.2 Å². The van der Waals surface area contributed by atoms with E-state index in [0.29, 0.717) is 43.3 Å². The first-order valence-electron chi connectivity index (χ1n) is 9.80. The van der Waals surface area contributed by atoms with Crippen LogP contribution in [0.2, 0.25) is 0 Å². The average Bonchev–Trinajstić information content (AvgIpc) is 3.30. The fourth-order valence-corrected chi connectivity index (χ4v) is 5.56. The van der Waals surface area contributed by atoms with Gasteiger partial charge in [0.25, 0.3) is 10.0 Å². The number of ether oxygens (including phenoxy) is 1. The minimum absolute atomic E-state index is 0.0383. The third kappa shape index (κ3) is 4.06. The Morgan fingerprint density at radius 2 is 1.90 bits per heavy atom. The van der Waals surface area contributed by atoms with Crippen molar-refractivity contribution in [3.63, 3.8) is 0 Å². The van der Waals surface area contributed by atoms with Gasteiger partial charge in [0, 0.05) is 31.3 Å².